The molecule has 6 heteroatoms. The van der Waals surface area contributed by atoms with E-state index in [1.54, 1.807) is 24.3 Å². The molecule has 2 aromatic carbocycles. The lowest BCUT2D eigenvalue weighted by atomic mass is 10.1. The van der Waals surface area contributed by atoms with Crippen LogP contribution in [-0.2, 0) is 0 Å². The van der Waals surface area contributed by atoms with Gasteiger partial charge in [0.05, 0.1) is 6.61 Å². The number of rotatable bonds is 4. The van der Waals surface area contributed by atoms with Crippen LogP contribution in [0.1, 0.15) is 28.4 Å². The molecule has 0 aromatic heterocycles. The van der Waals surface area contributed by atoms with Crippen LogP contribution < -0.4 is 15.4 Å². The van der Waals surface area contributed by atoms with Crippen molar-refractivity contribution in [2.75, 3.05) is 11.9 Å². The van der Waals surface area contributed by atoms with Crippen LogP contribution in [0.4, 0.5) is 5.69 Å². The molecule has 0 aliphatic rings. The Labute approximate surface area is 161 Å². The summed E-state index contributed by atoms with van der Waals surface area (Å²) in [5, 5.41) is 6.02. The molecule has 126 valence electrons. The smallest absolute Gasteiger partial charge is 0.257 e. The van der Waals surface area contributed by atoms with Crippen molar-refractivity contribution in [3.63, 3.8) is 0 Å². The predicted molar refractivity (Wildman–Crippen MR) is 110 cm³/mol. The molecule has 0 aliphatic carbocycles. The van der Waals surface area contributed by atoms with E-state index in [1.165, 1.54) is 14.7 Å². The van der Waals surface area contributed by atoms with Gasteiger partial charge in [0, 0.05) is 14.8 Å². The summed E-state index contributed by atoms with van der Waals surface area (Å²) in [6.07, 6.45) is 0. The van der Waals surface area contributed by atoms with Gasteiger partial charge in [-0.3, -0.25) is 10.1 Å². The highest BCUT2D eigenvalue weighted by atomic mass is 127. The largest absolute Gasteiger partial charge is 0.494 e. The van der Waals surface area contributed by atoms with E-state index in [1.807, 2.05) is 32.9 Å². The number of amides is 1. The molecule has 0 atom stereocenters. The summed E-state index contributed by atoms with van der Waals surface area (Å²) in [7, 11) is 0. The van der Waals surface area contributed by atoms with Gasteiger partial charge in [0.2, 0.25) is 0 Å². The van der Waals surface area contributed by atoms with Gasteiger partial charge in [0.1, 0.15) is 5.75 Å². The maximum atomic E-state index is 12.2. The summed E-state index contributed by atoms with van der Waals surface area (Å²) < 4.78 is 6.59. The third-order valence-electron chi connectivity index (χ3n) is 3.35. The fourth-order valence-corrected chi connectivity index (χ4v) is 2.75. The van der Waals surface area contributed by atoms with Crippen LogP contribution >= 0.6 is 34.8 Å². The summed E-state index contributed by atoms with van der Waals surface area (Å²) in [4.78, 5) is 12.2. The molecule has 0 aliphatic heterocycles. The number of anilines is 1. The standard InChI is InChI=1S/C18H19IN2O2S/c1-4-23-15-7-5-13(6-8-15)17(22)21-18(24)20-14-9-11(2)16(19)12(3)10-14/h5-10H,4H2,1-3H3,(H2,20,21,22,24). The molecule has 0 fully saturated rings. The molecule has 24 heavy (non-hydrogen) atoms. The van der Waals surface area contributed by atoms with E-state index < -0.39 is 0 Å². The Morgan fingerprint density at radius 3 is 2.29 bits per heavy atom. The van der Waals surface area contributed by atoms with Gasteiger partial charge in [0.25, 0.3) is 5.91 Å². The summed E-state index contributed by atoms with van der Waals surface area (Å²) >= 11 is 7.54. The lowest BCUT2D eigenvalue weighted by Gasteiger charge is -2.12. The number of aryl methyl sites for hydroxylation is 2. The molecule has 0 saturated heterocycles. The van der Waals surface area contributed by atoms with Crippen LogP contribution in [0.5, 0.6) is 5.75 Å². The molecular weight excluding hydrogens is 435 g/mol. The molecule has 0 unspecified atom stereocenters. The van der Waals surface area contributed by atoms with E-state index in [0.717, 1.165) is 11.4 Å². The monoisotopic (exact) mass is 454 g/mol. The zero-order valence-electron chi connectivity index (χ0n) is 13.8. The quantitative estimate of drug-likeness (QED) is 0.530. The van der Waals surface area contributed by atoms with E-state index in [-0.39, 0.29) is 11.0 Å². The first kappa shape index (κ1) is 18.7. The number of hydrogen-bond donors (Lipinski definition) is 2. The Balaban J connectivity index is 2.00. The summed E-state index contributed by atoms with van der Waals surface area (Å²) in [5.41, 5.74) is 3.72. The van der Waals surface area contributed by atoms with E-state index in [0.29, 0.717) is 12.2 Å². The highest BCUT2D eigenvalue weighted by molar-refractivity contribution is 14.1. The third kappa shape index (κ3) is 4.91. The first-order valence-corrected chi connectivity index (χ1v) is 9.01. The van der Waals surface area contributed by atoms with E-state index in [9.17, 15) is 4.79 Å². The van der Waals surface area contributed by atoms with Crippen molar-refractivity contribution < 1.29 is 9.53 Å². The van der Waals surface area contributed by atoms with E-state index in [4.69, 9.17) is 17.0 Å². The zero-order chi connectivity index (χ0) is 17.7. The Morgan fingerprint density at radius 1 is 1.17 bits per heavy atom. The lowest BCUT2D eigenvalue weighted by molar-refractivity contribution is 0.0977. The first-order chi connectivity index (χ1) is 11.4. The second-order valence-corrected chi connectivity index (χ2v) is 6.78. The third-order valence-corrected chi connectivity index (χ3v) is 5.25. The fraction of sp³-hybridized carbons (Fsp3) is 0.222. The molecule has 4 nitrogen and oxygen atoms in total. The van der Waals surface area contributed by atoms with Crippen LogP contribution in [-0.4, -0.2) is 17.6 Å². The molecule has 0 bridgehead atoms. The highest BCUT2D eigenvalue weighted by Gasteiger charge is 2.09. The molecule has 2 aromatic rings. The van der Waals surface area contributed by atoms with Crippen LogP contribution in [0, 0.1) is 17.4 Å². The van der Waals surface area contributed by atoms with Gasteiger partial charge in [-0.1, -0.05) is 0 Å². The molecule has 1 amide bonds. The number of thiocarbonyl (C=S) groups is 1. The molecule has 2 N–H and O–H groups in total. The normalized spacial score (nSPS) is 10.2. The minimum atomic E-state index is -0.255. The molecule has 0 saturated carbocycles. The Morgan fingerprint density at radius 2 is 1.75 bits per heavy atom. The van der Waals surface area contributed by atoms with Crippen LogP contribution in [0.15, 0.2) is 36.4 Å². The van der Waals surface area contributed by atoms with Crippen molar-refractivity contribution >= 4 is 51.5 Å². The topological polar surface area (TPSA) is 50.4 Å². The van der Waals surface area contributed by atoms with Crippen molar-refractivity contribution in [1.29, 1.82) is 0 Å². The Bertz CT molecular complexity index is 737. The average Bonchev–Trinajstić information content (AvgIpc) is 2.53. The van der Waals surface area contributed by atoms with Crippen LogP contribution in [0.3, 0.4) is 0 Å². The van der Waals surface area contributed by atoms with Crippen molar-refractivity contribution in [3.05, 3.63) is 56.7 Å². The van der Waals surface area contributed by atoms with Gasteiger partial charge in [-0.05, 0) is 103 Å². The molecule has 2 rings (SSSR count). The zero-order valence-corrected chi connectivity index (χ0v) is 16.7. The first-order valence-electron chi connectivity index (χ1n) is 7.52. The number of ether oxygens (including phenoxy) is 1. The lowest BCUT2D eigenvalue weighted by Crippen LogP contribution is -2.34. The van der Waals surface area contributed by atoms with Gasteiger partial charge in [-0.25, -0.2) is 0 Å². The summed E-state index contributed by atoms with van der Waals surface area (Å²) in [5.74, 6) is 0.481. The maximum absolute atomic E-state index is 12.2. The Kier molecular flexibility index (Phi) is 6.56. The van der Waals surface area contributed by atoms with Crippen molar-refractivity contribution in [2.24, 2.45) is 0 Å². The van der Waals surface area contributed by atoms with Crippen LogP contribution in [0.25, 0.3) is 0 Å². The minimum absolute atomic E-state index is 0.255. The van der Waals surface area contributed by atoms with Gasteiger partial charge in [-0.2, -0.15) is 0 Å². The van der Waals surface area contributed by atoms with Gasteiger partial charge in [0.15, 0.2) is 5.11 Å². The number of carbonyl (C=O) groups excluding carboxylic acids is 1. The maximum Gasteiger partial charge on any atom is 0.257 e. The SMILES string of the molecule is CCOc1ccc(C(=O)NC(=S)Nc2cc(C)c(I)c(C)c2)cc1. The van der Waals surface area contributed by atoms with Crippen LogP contribution in [0.2, 0.25) is 0 Å². The number of hydrogen-bond acceptors (Lipinski definition) is 3. The number of nitrogens with one attached hydrogen (secondary N) is 2. The summed E-state index contributed by atoms with van der Waals surface area (Å²) in [6, 6.07) is 11.0. The second-order valence-electron chi connectivity index (χ2n) is 5.29. The summed E-state index contributed by atoms with van der Waals surface area (Å²) in [6.45, 7) is 6.59. The van der Waals surface area contributed by atoms with Crippen molar-refractivity contribution in [2.45, 2.75) is 20.8 Å². The average molecular weight is 454 g/mol. The van der Waals surface area contributed by atoms with E-state index in [2.05, 4.69) is 33.2 Å². The molecule has 0 radical (unpaired) electrons. The minimum Gasteiger partial charge on any atom is -0.494 e. The van der Waals surface area contributed by atoms with Crippen molar-refractivity contribution in [3.8, 4) is 5.75 Å². The number of benzene rings is 2. The molecule has 0 heterocycles. The van der Waals surface area contributed by atoms with Gasteiger partial charge >= 0.3 is 0 Å². The second kappa shape index (κ2) is 8.43. The fourth-order valence-electron chi connectivity index (χ4n) is 2.22. The van der Waals surface area contributed by atoms with Gasteiger partial charge < -0.3 is 10.1 Å². The van der Waals surface area contributed by atoms with Crippen molar-refractivity contribution in [1.82, 2.24) is 5.32 Å². The highest BCUT2D eigenvalue weighted by Crippen LogP contribution is 2.21. The van der Waals surface area contributed by atoms with Gasteiger partial charge in [-0.15, -0.1) is 0 Å². The number of carbonyl (C=O) groups is 1. The number of halogens is 1. The molecule has 0 spiro atoms. The van der Waals surface area contributed by atoms with E-state index >= 15 is 0 Å². The Hall–Kier alpha value is -1.67. The molecular formula is C18H19IN2O2S. The predicted octanol–water partition coefficient (Wildman–Crippen LogP) is 4.43.